The van der Waals surface area contributed by atoms with Crippen LogP contribution >= 0.6 is 12.2 Å². The summed E-state index contributed by atoms with van der Waals surface area (Å²) in [6.45, 7) is 0. The average Bonchev–Trinajstić information content (AvgIpc) is 2.25. The van der Waals surface area contributed by atoms with Crippen LogP contribution in [-0.4, -0.2) is 45.1 Å². The highest BCUT2D eigenvalue weighted by molar-refractivity contribution is 7.90. The Morgan fingerprint density at radius 1 is 1.44 bits per heavy atom. The summed E-state index contributed by atoms with van der Waals surface area (Å²) in [7, 11) is 0.443. The van der Waals surface area contributed by atoms with Gasteiger partial charge in [0.1, 0.15) is 0 Å². The maximum absolute atomic E-state index is 11.4. The van der Waals surface area contributed by atoms with Crippen LogP contribution in [0.2, 0.25) is 0 Å². The lowest BCUT2D eigenvalue weighted by atomic mass is 10.3. The number of sulfone groups is 1. The van der Waals surface area contributed by atoms with Gasteiger partial charge in [-0.15, -0.1) is 0 Å². The number of nitrogens with one attached hydrogen (secondary N) is 1. The van der Waals surface area contributed by atoms with E-state index in [2.05, 4.69) is 10.3 Å². The second kappa shape index (κ2) is 5.92. The summed E-state index contributed by atoms with van der Waals surface area (Å²) in [6.07, 6.45) is 2.73. The van der Waals surface area contributed by atoms with E-state index in [9.17, 15) is 8.42 Å². The quantitative estimate of drug-likeness (QED) is 0.516. The molecule has 1 aromatic rings. The van der Waals surface area contributed by atoms with Crippen molar-refractivity contribution in [2.75, 3.05) is 25.7 Å². The minimum atomic E-state index is -3.22. The number of thiocarbonyl (C=S) groups is 1. The van der Waals surface area contributed by atoms with Gasteiger partial charge in [0, 0.05) is 26.0 Å². The summed E-state index contributed by atoms with van der Waals surface area (Å²) in [6, 6.07) is 6.43. The van der Waals surface area contributed by atoms with Gasteiger partial charge in [-0.2, -0.15) is 0 Å². The molecule has 1 aromatic carbocycles. The van der Waals surface area contributed by atoms with Crippen molar-refractivity contribution in [3.63, 3.8) is 0 Å². The fourth-order valence-corrected chi connectivity index (χ4v) is 1.96. The van der Waals surface area contributed by atoms with Crippen LogP contribution in [0.1, 0.15) is 0 Å². The Hall–Kier alpha value is -1.47. The number of benzene rings is 1. The summed E-state index contributed by atoms with van der Waals surface area (Å²) < 4.78 is 22.8. The molecule has 0 fully saturated rings. The van der Waals surface area contributed by atoms with Gasteiger partial charge in [0.25, 0.3) is 0 Å². The molecule has 0 amide bonds. The standard InChI is InChI=1S/C11H15N3O2S2/c1-14(2)8-12-11(17)13-9-5-4-6-10(7-9)18(3,15)16/h4-8H,1-3H3,(H,13,17)/b12-8+. The van der Waals surface area contributed by atoms with Crippen LogP contribution < -0.4 is 5.32 Å². The summed E-state index contributed by atoms with van der Waals surface area (Å²) in [5, 5.41) is 3.12. The first-order valence-electron chi connectivity index (χ1n) is 5.11. The van der Waals surface area contributed by atoms with Gasteiger partial charge in [0.2, 0.25) is 0 Å². The molecule has 18 heavy (non-hydrogen) atoms. The van der Waals surface area contributed by atoms with Crippen molar-refractivity contribution < 1.29 is 8.42 Å². The van der Waals surface area contributed by atoms with Gasteiger partial charge >= 0.3 is 0 Å². The third kappa shape index (κ3) is 4.80. The Labute approximate surface area is 112 Å². The number of rotatable bonds is 3. The molecule has 0 heterocycles. The molecule has 98 valence electrons. The van der Waals surface area contributed by atoms with Crippen molar-refractivity contribution in [2.45, 2.75) is 4.90 Å². The summed E-state index contributed by atoms with van der Waals surface area (Å²) in [4.78, 5) is 5.98. The van der Waals surface area contributed by atoms with Crippen LogP contribution in [-0.2, 0) is 9.84 Å². The van der Waals surface area contributed by atoms with Gasteiger partial charge < -0.3 is 10.2 Å². The third-order valence-electron chi connectivity index (χ3n) is 1.92. The van der Waals surface area contributed by atoms with Crippen molar-refractivity contribution in [1.82, 2.24) is 4.90 Å². The lowest BCUT2D eigenvalue weighted by Gasteiger charge is -2.07. The molecule has 7 heteroatoms. The van der Waals surface area contributed by atoms with Gasteiger partial charge in [-0.1, -0.05) is 6.07 Å². The number of aliphatic imine (C=N–C) groups is 1. The first-order valence-corrected chi connectivity index (χ1v) is 7.41. The van der Waals surface area contributed by atoms with E-state index in [1.54, 1.807) is 23.4 Å². The van der Waals surface area contributed by atoms with Crippen LogP contribution in [0.4, 0.5) is 5.69 Å². The van der Waals surface area contributed by atoms with Gasteiger partial charge in [0.05, 0.1) is 11.2 Å². The zero-order valence-electron chi connectivity index (χ0n) is 10.4. The Balaban J connectivity index is 2.84. The molecule has 0 bridgehead atoms. The highest BCUT2D eigenvalue weighted by Gasteiger charge is 2.07. The predicted molar refractivity (Wildman–Crippen MR) is 78.0 cm³/mol. The van der Waals surface area contributed by atoms with E-state index in [0.29, 0.717) is 5.69 Å². The third-order valence-corrected chi connectivity index (χ3v) is 3.24. The maximum atomic E-state index is 11.4. The van der Waals surface area contributed by atoms with Gasteiger partial charge in [-0.25, -0.2) is 13.4 Å². The molecule has 0 aliphatic rings. The van der Waals surface area contributed by atoms with E-state index in [1.165, 1.54) is 12.1 Å². The predicted octanol–water partition coefficient (Wildman–Crippen LogP) is 1.38. The lowest BCUT2D eigenvalue weighted by Crippen LogP contribution is -2.13. The zero-order valence-corrected chi connectivity index (χ0v) is 12.0. The van der Waals surface area contributed by atoms with Crippen molar-refractivity contribution in [3.05, 3.63) is 24.3 Å². The van der Waals surface area contributed by atoms with Crippen LogP contribution in [0.15, 0.2) is 34.2 Å². The van der Waals surface area contributed by atoms with Crippen LogP contribution in [0.25, 0.3) is 0 Å². The second-order valence-corrected chi connectivity index (χ2v) is 6.34. The van der Waals surface area contributed by atoms with E-state index < -0.39 is 9.84 Å². The van der Waals surface area contributed by atoms with Gasteiger partial charge in [-0.05, 0) is 30.4 Å². The molecule has 0 aliphatic carbocycles. The molecule has 5 nitrogen and oxygen atoms in total. The second-order valence-electron chi connectivity index (χ2n) is 3.94. The first-order chi connectivity index (χ1) is 8.29. The zero-order chi connectivity index (χ0) is 13.8. The Morgan fingerprint density at radius 2 is 2.11 bits per heavy atom. The minimum absolute atomic E-state index is 0.242. The van der Waals surface area contributed by atoms with E-state index in [1.807, 2.05) is 14.1 Å². The average molecular weight is 285 g/mol. The van der Waals surface area contributed by atoms with Crippen LogP contribution in [0.5, 0.6) is 0 Å². The smallest absolute Gasteiger partial charge is 0.198 e. The molecule has 0 saturated heterocycles. The van der Waals surface area contributed by atoms with E-state index in [-0.39, 0.29) is 10.0 Å². The molecule has 0 unspecified atom stereocenters. The summed E-state index contributed by atoms with van der Waals surface area (Å²) in [5.74, 6) is 0. The van der Waals surface area contributed by atoms with Crippen LogP contribution in [0.3, 0.4) is 0 Å². The molecular formula is C11H15N3O2S2. The molecule has 0 saturated carbocycles. The number of anilines is 1. The molecule has 0 spiro atoms. The molecule has 1 N–H and O–H groups in total. The van der Waals surface area contributed by atoms with E-state index in [4.69, 9.17) is 12.2 Å². The number of hydrogen-bond donors (Lipinski definition) is 1. The first kappa shape index (κ1) is 14.6. The fourth-order valence-electron chi connectivity index (χ4n) is 1.13. The normalized spacial score (nSPS) is 11.5. The van der Waals surface area contributed by atoms with Gasteiger partial charge in [0.15, 0.2) is 14.9 Å². The Morgan fingerprint density at radius 3 is 2.67 bits per heavy atom. The number of hydrogen-bond acceptors (Lipinski definition) is 3. The molecule has 0 atom stereocenters. The Kier molecular flexibility index (Phi) is 4.80. The van der Waals surface area contributed by atoms with Gasteiger partial charge in [-0.3, -0.25) is 0 Å². The Bertz CT molecular complexity index is 565. The monoisotopic (exact) mass is 285 g/mol. The highest BCUT2D eigenvalue weighted by Crippen LogP contribution is 2.15. The van der Waals surface area contributed by atoms with E-state index in [0.717, 1.165) is 6.26 Å². The maximum Gasteiger partial charge on any atom is 0.198 e. The molecule has 0 aromatic heterocycles. The molecular weight excluding hydrogens is 270 g/mol. The molecule has 1 rings (SSSR count). The topological polar surface area (TPSA) is 61.8 Å². The summed E-state index contributed by atoms with van der Waals surface area (Å²) in [5.41, 5.74) is 0.596. The van der Waals surface area contributed by atoms with Crippen molar-refractivity contribution in [3.8, 4) is 0 Å². The number of nitrogens with zero attached hydrogens (tertiary/aromatic N) is 2. The lowest BCUT2D eigenvalue weighted by molar-refractivity contribution is 0.602. The van der Waals surface area contributed by atoms with Crippen molar-refractivity contribution in [1.29, 1.82) is 0 Å². The fraction of sp³-hybridized carbons (Fsp3) is 0.273. The molecule has 0 radical (unpaired) electrons. The molecule has 0 aliphatic heterocycles. The largest absolute Gasteiger partial charge is 0.369 e. The van der Waals surface area contributed by atoms with Crippen molar-refractivity contribution >= 4 is 39.2 Å². The SMILES string of the molecule is CN(C)/C=N/C(=S)Nc1cccc(S(C)(=O)=O)c1. The minimum Gasteiger partial charge on any atom is -0.369 e. The van der Waals surface area contributed by atoms with E-state index >= 15 is 0 Å². The summed E-state index contributed by atoms with van der Waals surface area (Å²) >= 11 is 5.01. The van der Waals surface area contributed by atoms with Crippen molar-refractivity contribution in [2.24, 2.45) is 4.99 Å². The highest BCUT2D eigenvalue weighted by atomic mass is 32.2. The van der Waals surface area contributed by atoms with Crippen LogP contribution in [0, 0.1) is 0 Å².